The molecule has 2 heteroatoms. The molecule has 1 fully saturated rings. The lowest BCUT2D eigenvalue weighted by Crippen LogP contribution is -2.20. The standard InChI is InChI=1S/C22H31NO/c1-6-10-17(3)18(4)19(5)23-21-14-13-16(2)15-22(21)24-20-11-8-7-9-12-20/h6,10,13-15,20,23H,5,7-9,11-12H2,1-4H3/b10-6-,18-17+. The van der Waals surface area contributed by atoms with Crippen molar-refractivity contribution in [2.24, 2.45) is 0 Å². The molecule has 0 unspecified atom stereocenters. The Morgan fingerprint density at radius 1 is 1.21 bits per heavy atom. The highest BCUT2D eigenvalue weighted by Gasteiger charge is 2.17. The zero-order chi connectivity index (χ0) is 17.5. The largest absolute Gasteiger partial charge is 0.488 e. The van der Waals surface area contributed by atoms with Gasteiger partial charge in [-0.1, -0.05) is 31.2 Å². The highest BCUT2D eigenvalue weighted by Crippen LogP contribution is 2.32. The van der Waals surface area contributed by atoms with Crippen molar-refractivity contribution in [2.45, 2.75) is 65.9 Å². The molecule has 0 heterocycles. The van der Waals surface area contributed by atoms with Gasteiger partial charge in [0.1, 0.15) is 5.75 Å². The molecule has 0 bridgehead atoms. The number of rotatable bonds is 6. The Bertz CT molecular complexity index is 633. The maximum absolute atomic E-state index is 6.32. The minimum atomic E-state index is 0.343. The predicted octanol–water partition coefficient (Wildman–Crippen LogP) is 6.54. The monoisotopic (exact) mass is 325 g/mol. The molecule has 0 amide bonds. The number of ether oxygens (including phenoxy) is 1. The van der Waals surface area contributed by atoms with Gasteiger partial charge in [-0.15, -0.1) is 0 Å². The van der Waals surface area contributed by atoms with Crippen molar-refractivity contribution in [3.8, 4) is 5.75 Å². The van der Waals surface area contributed by atoms with Crippen molar-refractivity contribution in [1.82, 2.24) is 0 Å². The summed E-state index contributed by atoms with van der Waals surface area (Å²) in [4.78, 5) is 0. The van der Waals surface area contributed by atoms with Crippen LogP contribution in [0.2, 0.25) is 0 Å². The van der Waals surface area contributed by atoms with E-state index in [0.29, 0.717) is 6.10 Å². The molecule has 2 nitrogen and oxygen atoms in total. The Labute approximate surface area is 147 Å². The van der Waals surface area contributed by atoms with E-state index in [1.807, 2.05) is 6.92 Å². The van der Waals surface area contributed by atoms with Crippen LogP contribution < -0.4 is 10.1 Å². The molecule has 1 aromatic carbocycles. The smallest absolute Gasteiger partial charge is 0.143 e. The molecule has 0 saturated heterocycles. The summed E-state index contributed by atoms with van der Waals surface area (Å²) < 4.78 is 6.32. The van der Waals surface area contributed by atoms with E-state index in [2.05, 4.69) is 63.0 Å². The second-order valence-corrected chi connectivity index (χ2v) is 6.79. The van der Waals surface area contributed by atoms with E-state index in [1.54, 1.807) is 0 Å². The van der Waals surface area contributed by atoms with Gasteiger partial charge >= 0.3 is 0 Å². The third-order valence-corrected chi connectivity index (χ3v) is 4.73. The fourth-order valence-electron chi connectivity index (χ4n) is 3.06. The molecule has 24 heavy (non-hydrogen) atoms. The average Bonchev–Trinajstić information content (AvgIpc) is 2.57. The molecular weight excluding hydrogens is 294 g/mol. The van der Waals surface area contributed by atoms with Crippen LogP contribution in [0.5, 0.6) is 5.75 Å². The molecule has 2 rings (SSSR count). The van der Waals surface area contributed by atoms with Crippen LogP contribution in [0, 0.1) is 6.92 Å². The second-order valence-electron chi connectivity index (χ2n) is 6.79. The first-order chi connectivity index (χ1) is 11.5. The van der Waals surface area contributed by atoms with E-state index >= 15 is 0 Å². The van der Waals surface area contributed by atoms with Crippen molar-refractivity contribution in [2.75, 3.05) is 5.32 Å². The summed E-state index contributed by atoms with van der Waals surface area (Å²) in [5, 5.41) is 3.46. The number of aryl methyl sites for hydroxylation is 1. The highest BCUT2D eigenvalue weighted by atomic mass is 16.5. The SMILES string of the molecule is C=C(Nc1ccc(C)cc1OC1CCCCC1)/C(C)=C(C)/C=C\C. The van der Waals surface area contributed by atoms with E-state index in [0.717, 1.165) is 35.5 Å². The van der Waals surface area contributed by atoms with Gasteiger partial charge in [0.2, 0.25) is 0 Å². The lowest BCUT2D eigenvalue weighted by Gasteiger charge is -2.25. The Morgan fingerprint density at radius 3 is 2.58 bits per heavy atom. The molecule has 0 aliphatic heterocycles. The fraction of sp³-hybridized carbons (Fsp3) is 0.455. The minimum Gasteiger partial charge on any atom is -0.488 e. The van der Waals surface area contributed by atoms with E-state index < -0.39 is 0 Å². The molecule has 1 saturated carbocycles. The van der Waals surface area contributed by atoms with Gasteiger partial charge in [-0.2, -0.15) is 0 Å². The summed E-state index contributed by atoms with van der Waals surface area (Å²) in [5.41, 5.74) is 5.52. The molecule has 1 N–H and O–H groups in total. The van der Waals surface area contributed by atoms with Gasteiger partial charge in [0.05, 0.1) is 11.8 Å². The van der Waals surface area contributed by atoms with E-state index in [4.69, 9.17) is 4.74 Å². The second kappa shape index (κ2) is 8.77. The lowest BCUT2D eigenvalue weighted by atomic mass is 9.98. The zero-order valence-corrected chi connectivity index (χ0v) is 15.6. The summed E-state index contributed by atoms with van der Waals surface area (Å²) in [5.74, 6) is 0.944. The average molecular weight is 325 g/mol. The van der Waals surface area contributed by atoms with Crippen molar-refractivity contribution < 1.29 is 4.74 Å². The molecule has 1 aliphatic carbocycles. The highest BCUT2D eigenvalue weighted by molar-refractivity contribution is 5.63. The van der Waals surface area contributed by atoms with E-state index in [1.165, 1.54) is 30.4 Å². The normalized spacial score (nSPS) is 16.8. The number of nitrogens with one attached hydrogen (secondary N) is 1. The Kier molecular flexibility index (Phi) is 6.72. The minimum absolute atomic E-state index is 0.343. The van der Waals surface area contributed by atoms with E-state index in [-0.39, 0.29) is 0 Å². The number of anilines is 1. The van der Waals surface area contributed by atoms with Gasteiger partial charge < -0.3 is 10.1 Å². The van der Waals surface area contributed by atoms with Gasteiger partial charge in [-0.05, 0) is 82.2 Å². The third kappa shape index (κ3) is 5.02. The Morgan fingerprint density at radius 2 is 1.92 bits per heavy atom. The number of allylic oxidation sites excluding steroid dienone is 4. The molecule has 0 aromatic heterocycles. The summed E-state index contributed by atoms with van der Waals surface area (Å²) in [6.45, 7) is 12.5. The first-order valence-electron chi connectivity index (χ1n) is 9.05. The van der Waals surface area contributed by atoms with Crippen molar-refractivity contribution in [3.05, 3.63) is 59.3 Å². The Hall–Kier alpha value is -1.96. The van der Waals surface area contributed by atoms with Crippen LogP contribution in [0.3, 0.4) is 0 Å². The maximum atomic E-state index is 6.32. The molecule has 0 spiro atoms. The topological polar surface area (TPSA) is 21.3 Å². The first kappa shape index (κ1) is 18.4. The van der Waals surface area contributed by atoms with Gasteiger partial charge in [0.15, 0.2) is 0 Å². The van der Waals surface area contributed by atoms with Gasteiger partial charge in [0, 0.05) is 5.70 Å². The third-order valence-electron chi connectivity index (χ3n) is 4.73. The number of benzene rings is 1. The van der Waals surface area contributed by atoms with Crippen LogP contribution in [0.25, 0.3) is 0 Å². The van der Waals surface area contributed by atoms with Gasteiger partial charge in [-0.25, -0.2) is 0 Å². The first-order valence-corrected chi connectivity index (χ1v) is 9.05. The molecule has 1 aliphatic rings. The lowest BCUT2D eigenvalue weighted by molar-refractivity contribution is 0.156. The molecular formula is C22H31NO. The molecule has 1 aromatic rings. The summed E-state index contributed by atoms with van der Waals surface area (Å²) >= 11 is 0. The zero-order valence-electron chi connectivity index (χ0n) is 15.6. The molecule has 0 radical (unpaired) electrons. The van der Waals surface area contributed by atoms with Crippen molar-refractivity contribution in [1.29, 1.82) is 0 Å². The Balaban J connectivity index is 2.17. The van der Waals surface area contributed by atoms with E-state index in [9.17, 15) is 0 Å². The fourth-order valence-corrected chi connectivity index (χ4v) is 3.06. The summed E-state index contributed by atoms with van der Waals surface area (Å²) in [6.07, 6.45) is 10.7. The maximum Gasteiger partial charge on any atom is 0.143 e. The predicted molar refractivity (Wildman–Crippen MR) is 105 cm³/mol. The molecule has 130 valence electrons. The van der Waals surface area contributed by atoms with Crippen molar-refractivity contribution in [3.63, 3.8) is 0 Å². The molecule has 0 atom stereocenters. The number of hydrogen-bond acceptors (Lipinski definition) is 2. The number of hydrogen-bond donors (Lipinski definition) is 1. The summed E-state index contributed by atoms with van der Waals surface area (Å²) in [6, 6.07) is 6.33. The quantitative estimate of drug-likeness (QED) is 0.599. The summed E-state index contributed by atoms with van der Waals surface area (Å²) in [7, 11) is 0. The van der Waals surface area contributed by atoms with Gasteiger partial charge in [-0.3, -0.25) is 0 Å². The van der Waals surface area contributed by atoms with Crippen LogP contribution in [0.15, 0.2) is 53.8 Å². The van der Waals surface area contributed by atoms with Crippen molar-refractivity contribution >= 4 is 5.69 Å². The van der Waals surface area contributed by atoms with Crippen LogP contribution in [-0.4, -0.2) is 6.10 Å². The van der Waals surface area contributed by atoms with Crippen LogP contribution in [0.4, 0.5) is 5.69 Å². The van der Waals surface area contributed by atoms with Crippen LogP contribution in [0.1, 0.15) is 58.4 Å². The van der Waals surface area contributed by atoms with Crippen LogP contribution >= 0.6 is 0 Å². The van der Waals surface area contributed by atoms with Crippen LogP contribution in [-0.2, 0) is 0 Å². The van der Waals surface area contributed by atoms with Gasteiger partial charge in [0.25, 0.3) is 0 Å².